The fourth-order valence-corrected chi connectivity index (χ4v) is 3.78. The first-order valence-corrected chi connectivity index (χ1v) is 8.07. The number of hydrogen-bond acceptors (Lipinski definition) is 3. The highest BCUT2D eigenvalue weighted by molar-refractivity contribution is 9.10. The van der Waals surface area contributed by atoms with Crippen LogP contribution >= 0.6 is 27.3 Å². The zero-order chi connectivity index (χ0) is 12.1. The Hall–Kier alpha value is 0.1000. The molecule has 0 aliphatic carbocycles. The second-order valence-electron chi connectivity index (χ2n) is 4.98. The van der Waals surface area contributed by atoms with Crippen molar-refractivity contribution < 1.29 is 0 Å². The number of thiophene rings is 1. The Labute approximate surface area is 117 Å². The van der Waals surface area contributed by atoms with Crippen LogP contribution in [0.4, 0.5) is 0 Å². The van der Waals surface area contributed by atoms with Crippen molar-refractivity contribution in [2.24, 2.45) is 5.92 Å². The van der Waals surface area contributed by atoms with Crippen LogP contribution in [0.25, 0.3) is 0 Å². The van der Waals surface area contributed by atoms with E-state index in [4.69, 9.17) is 0 Å². The van der Waals surface area contributed by atoms with Gasteiger partial charge in [0.2, 0.25) is 0 Å². The Bertz CT molecular complexity index is 334. The Balaban J connectivity index is 1.60. The minimum atomic E-state index is 0.747. The van der Waals surface area contributed by atoms with E-state index in [1.807, 2.05) is 11.3 Å². The fraction of sp³-hybridized carbons (Fsp3) is 0.692. The van der Waals surface area contributed by atoms with E-state index in [-0.39, 0.29) is 0 Å². The van der Waals surface area contributed by atoms with E-state index in [9.17, 15) is 0 Å². The van der Waals surface area contributed by atoms with Crippen LogP contribution in [0.3, 0.4) is 0 Å². The van der Waals surface area contributed by atoms with Gasteiger partial charge in [0.15, 0.2) is 0 Å². The van der Waals surface area contributed by atoms with Crippen LogP contribution in [0.1, 0.15) is 24.6 Å². The molecule has 1 atom stereocenters. The highest BCUT2D eigenvalue weighted by Gasteiger charge is 2.14. The number of hydrogen-bond donors (Lipinski definition) is 1. The summed E-state index contributed by atoms with van der Waals surface area (Å²) in [5.74, 6) is 0.747. The first-order valence-electron chi connectivity index (χ1n) is 6.40. The van der Waals surface area contributed by atoms with Crippen LogP contribution in [0, 0.1) is 5.92 Å². The lowest BCUT2D eigenvalue weighted by Crippen LogP contribution is -2.31. The number of rotatable bonds is 6. The van der Waals surface area contributed by atoms with Crippen molar-refractivity contribution >= 4 is 27.3 Å². The van der Waals surface area contributed by atoms with Gasteiger partial charge in [-0.25, -0.2) is 0 Å². The Kier molecular flexibility index (Phi) is 5.48. The van der Waals surface area contributed by atoms with Crippen LogP contribution in [0.5, 0.6) is 0 Å². The molecule has 1 fully saturated rings. The number of likely N-dealkylation sites (tertiary alicyclic amines) is 1. The summed E-state index contributed by atoms with van der Waals surface area (Å²) in [5, 5.41) is 5.70. The summed E-state index contributed by atoms with van der Waals surface area (Å²) in [4.78, 5) is 4.00. The van der Waals surface area contributed by atoms with Gasteiger partial charge >= 0.3 is 0 Å². The van der Waals surface area contributed by atoms with E-state index in [2.05, 4.69) is 44.5 Å². The maximum Gasteiger partial charge on any atom is 0.0300 e. The molecule has 0 radical (unpaired) electrons. The lowest BCUT2D eigenvalue weighted by Gasteiger charge is -2.20. The summed E-state index contributed by atoms with van der Waals surface area (Å²) in [7, 11) is 0. The molecule has 0 saturated carbocycles. The van der Waals surface area contributed by atoms with Gasteiger partial charge < -0.3 is 10.2 Å². The van der Waals surface area contributed by atoms with E-state index >= 15 is 0 Å². The molecule has 0 aromatic carbocycles. The van der Waals surface area contributed by atoms with Gasteiger partial charge in [-0.1, -0.05) is 6.92 Å². The molecule has 0 spiro atoms. The fourth-order valence-electron chi connectivity index (χ4n) is 2.36. The predicted molar refractivity (Wildman–Crippen MR) is 78.6 cm³/mol. The molecule has 1 aliphatic heterocycles. The van der Waals surface area contributed by atoms with E-state index < -0.39 is 0 Å². The lowest BCUT2D eigenvalue weighted by molar-refractivity contribution is 0.283. The summed E-state index contributed by atoms with van der Waals surface area (Å²) in [6, 6.07) is 2.20. The third-order valence-electron chi connectivity index (χ3n) is 3.18. The lowest BCUT2D eigenvalue weighted by atomic mass is 10.1. The van der Waals surface area contributed by atoms with E-state index in [0.29, 0.717) is 0 Å². The Morgan fingerprint density at radius 1 is 1.47 bits per heavy atom. The second-order valence-corrected chi connectivity index (χ2v) is 6.89. The van der Waals surface area contributed by atoms with Crippen molar-refractivity contribution in [1.82, 2.24) is 10.2 Å². The molecule has 2 rings (SSSR count). The molecule has 4 heteroatoms. The molecule has 1 unspecified atom stereocenters. The molecule has 1 aromatic heterocycles. The first kappa shape index (κ1) is 13.5. The number of nitrogens with one attached hydrogen (secondary N) is 1. The maximum absolute atomic E-state index is 3.55. The van der Waals surface area contributed by atoms with Crippen LogP contribution in [0.2, 0.25) is 0 Å². The first-order chi connectivity index (χ1) is 8.24. The van der Waals surface area contributed by atoms with Crippen LogP contribution < -0.4 is 5.32 Å². The summed E-state index contributed by atoms with van der Waals surface area (Å²) >= 11 is 5.30. The average Bonchev–Trinajstić information content (AvgIpc) is 2.90. The Morgan fingerprint density at radius 3 is 2.88 bits per heavy atom. The van der Waals surface area contributed by atoms with Crippen molar-refractivity contribution in [3.05, 3.63) is 20.8 Å². The average molecular weight is 317 g/mol. The van der Waals surface area contributed by atoms with E-state index in [1.165, 1.54) is 41.8 Å². The van der Waals surface area contributed by atoms with E-state index in [0.717, 1.165) is 19.0 Å². The molecular formula is C13H21BrN2S. The Morgan fingerprint density at radius 2 is 2.24 bits per heavy atom. The highest BCUT2D eigenvalue weighted by Crippen LogP contribution is 2.19. The molecule has 1 aromatic rings. The SMILES string of the molecule is CC(CNCc1cc(Br)cs1)CN1CCCC1. The predicted octanol–water partition coefficient (Wildman–Crippen LogP) is 3.33. The van der Waals surface area contributed by atoms with Crippen LogP contribution in [-0.4, -0.2) is 31.1 Å². The minimum absolute atomic E-state index is 0.747. The van der Waals surface area contributed by atoms with Gasteiger partial charge in [0.1, 0.15) is 0 Å². The molecule has 1 saturated heterocycles. The minimum Gasteiger partial charge on any atom is -0.312 e. The summed E-state index contributed by atoms with van der Waals surface area (Å²) in [6.07, 6.45) is 2.78. The third-order valence-corrected chi connectivity index (χ3v) is 4.88. The largest absolute Gasteiger partial charge is 0.312 e. The molecule has 0 bridgehead atoms. The summed E-state index contributed by atoms with van der Waals surface area (Å²) in [5.41, 5.74) is 0. The zero-order valence-electron chi connectivity index (χ0n) is 10.4. The molecule has 0 amide bonds. The third kappa shape index (κ3) is 4.70. The topological polar surface area (TPSA) is 15.3 Å². The second kappa shape index (κ2) is 6.88. The van der Waals surface area contributed by atoms with Gasteiger partial charge in [0, 0.05) is 27.8 Å². The van der Waals surface area contributed by atoms with Crippen molar-refractivity contribution in [2.45, 2.75) is 26.3 Å². The highest BCUT2D eigenvalue weighted by atomic mass is 79.9. The van der Waals surface area contributed by atoms with Gasteiger partial charge in [-0.3, -0.25) is 0 Å². The van der Waals surface area contributed by atoms with Gasteiger partial charge in [-0.05, 0) is 60.4 Å². The van der Waals surface area contributed by atoms with Crippen LogP contribution in [-0.2, 0) is 6.54 Å². The smallest absolute Gasteiger partial charge is 0.0300 e. The van der Waals surface area contributed by atoms with Gasteiger partial charge in [0.05, 0.1) is 0 Å². The molecular weight excluding hydrogens is 296 g/mol. The molecule has 1 N–H and O–H groups in total. The quantitative estimate of drug-likeness (QED) is 0.866. The van der Waals surface area contributed by atoms with Crippen molar-refractivity contribution in [3.8, 4) is 0 Å². The number of nitrogens with zero attached hydrogens (tertiary/aromatic N) is 1. The van der Waals surface area contributed by atoms with Crippen molar-refractivity contribution in [1.29, 1.82) is 0 Å². The van der Waals surface area contributed by atoms with Gasteiger partial charge in [-0.2, -0.15) is 0 Å². The van der Waals surface area contributed by atoms with Gasteiger partial charge in [0.25, 0.3) is 0 Å². The number of halogens is 1. The molecule has 17 heavy (non-hydrogen) atoms. The maximum atomic E-state index is 3.55. The molecule has 2 heterocycles. The molecule has 2 nitrogen and oxygen atoms in total. The van der Waals surface area contributed by atoms with E-state index in [1.54, 1.807) is 0 Å². The summed E-state index contributed by atoms with van der Waals surface area (Å²) < 4.78 is 1.20. The van der Waals surface area contributed by atoms with Gasteiger partial charge in [-0.15, -0.1) is 11.3 Å². The van der Waals surface area contributed by atoms with Crippen molar-refractivity contribution in [2.75, 3.05) is 26.2 Å². The monoisotopic (exact) mass is 316 g/mol. The summed E-state index contributed by atoms with van der Waals surface area (Å²) in [6.45, 7) is 8.33. The zero-order valence-corrected chi connectivity index (χ0v) is 12.8. The van der Waals surface area contributed by atoms with Crippen molar-refractivity contribution in [3.63, 3.8) is 0 Å². The standard InChI is InChI=1S/C13H21BrN2S/c1-11(9-16-4-2-3-5-16)7-15-8-13-6-12(14)10-17-13/h6,10-11,15H,2-5,7-9H2,1H3. The van der Waals surface area contributed by atoms with Crippen LogP contribution in [0.15, 0.2) is 15.9 Å². The molecule has 1 aliphatic rings. The molecule has 96 valence electrons. The normalized spacial score (nSPS) is 18.7.